The summed E-state index contributed by atoms with van der Waals surface area (Å²) in [6, 6.07) is 9.47. The minimum absolute atomic E-state index is 0.118. The minimum atomic E-state index is -0.118. The Morgan fingerprint density at radius 2 is 2.26 bits per heavy atom. The van der Waals surface area contributed by atoms with Crippen molar-refractivity contribution < 1.29 is 9.21 Å². The van der Waals surface area contributed by atoms with Crippen LogP contribution >= 0.6 is 23.5 Å². The molecule has 1 fully saturated rings. The molecule has 1 aliphatic rings. The molecule has 1 amide bonds. The summed E-state index contributed by atoms with van der Waals surface area (Å²) in [6.07, 6.45) is 0. The van der Waals surface area contributed by atoms with Crippen molar-refractivity contribution in [3.8, 4) is 0 Å². The maximum absolute atomic E-state index is 12.0. The number of furan rings is 1. The highest BCUT2D eigenvalue weighted by molar-refractivity contribution is 8.06. The first kappa shape index (κ1) is 12.9. The van der Waals surface area contributed by atoms with Crippen molar-refractivity contribution in [3.63, 3.8) is 0 Å². The van der Waals surface area contributed by atoms with Gasteiger partial charge in [-0.25, -0.2) is 0 Å². The number of thioether (sulfide) groups is 2. The molecule has 0 radical (unpaired) electrons. The summed E-state index contributed by atoms with van der Waals surface area (Å²) in [7, 11) is 0. The number of rotatable bonds is 3. The van der Waals surface area contributed by atoms with E-state index >= 15 is 0 Å². The second-order valence-electron chi connectivity index (χ2n) is 4.43. The summed E-state index contributed by atoms with van der Waals surface area (Å²) in [6.45, 7) is 0.716. The first-order valence-corrected chi connectivity index (χ1v) is 8.49. The van der Waals surface area contributed by atoms with E-state index in [1.54, 1.807) is 6.07 Å². The highest BCUT2D eigenvalue weighted by atomic mass is 32.2. The lowest BCUT2D eigenvalue weighted by atomic mass is 10.2. The summed E-state index contributed by atoms with van der Waals surface area (Å²) in [5, 5.41) is 4.45. The standard InChI is InChI=1S/C14H15NO2S2/c16-14(15-8-11-9-18-5-6-19-11)13-7-10-3-1-2-4-12(10)17-13/h1-4,7,11H,5-6,8-9H2,(H,15,16). The van der Waals surface area contributed by atoms with E-state index in [4.69, 9.17) is 4.42 Å². The van der Waals surface area contributed by atoms with Gasteiger partial charge in [-0.2, -0.15) is 23.5 Å². The summed E-state index contributed by atoms with van der Waals surface area (Å²) < 4.78 is 5.55. The average molecular weight is 293 g/mol. The van der Waals surface area contributed by atoms with Gasteiger partial charge in [0.05, 0.1) is 0 Å². The first-order valence-electron chi connectivity index (χ1n) is 6.29. The zero-order valence-electron chi connectivity index (χ0n) is 10.4. The third-order valence-electron chi connectivity index (χ3n) is 3.02. The molecule has 1 unspecified atom stereocenters. The molecular formula is C14H15NO2S2. The Morgan fingerprint density at radius 3 is 3.05 bits per heavy atom. The Kier molecular flexibility index (Phi) is 4.03. The highest BCUT2D eigenvalue weighted by Crippen LogP contribution is 2.23. The van der Waals surface area contributed by atoms with Crippen LogP contribution in [0, 0.1) is 0 Å². The van der Waals surface area contributed by atoms with Gasteiger partial charge in [-0.3, -0.25) is 4.79 Å². The first-order chi connectivity index (χ1) is 9.33. The number of fused-ring (bicyclic) bond motifs is 1. The SMILES string of the molecule is O=C(NCC1CSCCS1)c1cc2ccccc2o1. The van der Waals surface area contributed by atoms with Gasteiger partial charge in [0.25, 0.3) is 5.91 Å². The van der Waals surface area contributed by atoms with Crippen LogP contribution in [0.1, 0.15) is 10.6 Å². The fourth-order valence-corrected chi connectivity index (χ4v) is 4.65. The number of carbonyl (C=O) groups is 1. The number of hydrogen-bond acceptors (Lipinski definition) is 4. The van der Waals surface area contributed by atoms with E-state index in [1.807, 2.05) is 47.8 Å². The van der Waals surface area contributed by atoms with Crippen LogP contribution in [0.3, 0.4) is 0 Å². The predicted molar refractivity (Wildman–Crippen MR) is 82.1 cm³/mol. The van der Waals surface area contributed by atoms with Crippen LogP contribution in [-0.4, -0.2) is 35.0 Å². The van der Waals surface area contributed by atoms with Gasteiger partial charge in [0.2, 0.25) is 0 Å². The molecule has 0 bridgehead atoms. The lowest BCUT2D eigenvalue weighted by Gasteiger charge is -2.20. The van der Waals surface area contributed by atoms with Gasteiger partial charge in [0.1, 0.15) is 5.58 Å². The van der Waals surface area contributed by atoms with Crippen molar-refractivity contribution in [1.29, 1.82) is 0 Å². The third-order valence-corrected chi connectivity index (χ3v) is 5.87. The lowest BCUT2D eigenvalue weighted by Crippen LogP contribution is -2.33. The molecule has 1 aromatic heterocycles. The molecule has 100 valence electrons. The van der Waals surface area contributed by atoms with Gasteiger partial charge < -0.3 is 9.73 Å². The molecule has 3 nitrogen and oxygen atoms in total. The Balaban J connectivity index is 1.63. The van der Waals surface area contributed by atoms with Crippen molar-refractivity contribution in [2.24, 2.45) is 0 Å². The molecule has 2 heterocycles. The number of benzene rings is 1. The maximum atomic E-state index is 12.0. The molecule has 19 heavy (non-hydrogen) atoms. The van der Waals surface area contributed by atoms with E-state index in [-0.39, 0.29) is 5.91 Å². The van der Waals surface area contributed by atoms with Crippen LogP contribution in [0.5, 0.6) is 0 Å². The number of amides is 1. The Bertz CT molecular complexity index is 543. The number of para-hydroxylation sites is 1. The van der Waals surface area contributed by atoms with E-state index in [1.165, 1.54) is 11.5 Å². The normalized spacial score (nSPS) is 19.5. The molecule has 1 aliphatic heterocycles. The molecule has 3 rings (SSSR count). The van der Waals surface area contributed by atoms with E-state index in [9.17, 15) is 4.79 Å². The van der Waals surface area contributed by atoms with Gasteiger partial charge in [-0.1, -0.05) is 18.2 Å². The molecular weight excluding hydrogens is 278 g/mol. The zero-order chi connectivity index (χ0) is 13.1. The number of nitrogens with one attached hydrogen (secondary N) is 1. The minimum Gasteiger partial charge on any atom is -0.451 e. The molecule has 1 atom stereocenters. The van der Waals surface area contributed by atoms with E-state index in [0.717, 1.165) is 16.7 Å². The number of carbonyl (C=O) groups excluding carboxylic acids is 1. The topological polar surface area (TPSA) is 42.2 Å². The number of hydrogen-bond donors (Lipinski definition) is 1. The van der Waals surface area contributed by atoms with Crippen LogP contribution in [-0.2, 0) is 0 Å². The molecule has 0 spiro atoms. The second kappa shape index (κ2) is 5.92. The molecule has 2 aromatic rings. The van der Waals surface area contributed by atoms with Crippen molar-refractivity contribution in [1.82, 2.24) is 5.32 Å². The van der Waals surface area contributed by atoms with Crippen LogP contribution in [0.4, 0.5) is 0 Å². The maximum Gasteiger partial charge on any atom is 0.287 e. The van der Waals surface area contributed by atoms with E-state index in [2.05, 4.69) is 5.32 Å². The monoisotopic (exact) mass is 293 g/mol. The van der Waals surface area contributed by atoms with Crippen LogP contribution in [0.25, 0.3) is 11.0 Å². The zero-order valence-corrected chi connectivity index (χ0v) is 12.1. The molecule has 1 N–H and O–H groups in total. The molecule has 0 saturated carbocycles. The van der Waals surface area contributed by atoms with Gasteiger partial charge in [0.15, 0.2) is 5.76 Å². The highest BCUT2D eigenvalue weighted by Gasteiger charge is 2.17. The Labute approximate surface area is 120 Å². The molecule has 0 aliphatic carbocycles. The summed E-state index contributed by atoms with van der Waals surface area (Å²) >= 11 is 3.90. The van der Waals surface area contributed by atoms with Crippen LogP contribution in [0.2, 0.25) is 0 Å². The van der Waals surface area contributed by atoms with Gasteiger partial charge in [-0.05, 0) is 12.1 Å². The second-order valence-corrected chi connectivity index (χ2v) is 6.98. The van der Waals surface area contributed by atoms with Gasteiger partial charge in [-0.15, -0.1) is 0 Å². The fraction of sp³-hybridized carbons (Fsp3) is 0.357. The summed E-state index contributed by atoms with van der Waals surface area (Å²) in [5.41, 5.74) is 0.759. The predicted octanol–water partition coefficient (Wildman–Crippen LogP) is 3.01. The van der Waals surface area contributed by atoms with Gasteiger partial charge >= 0.3 is 0 Å². The summed E-state index contributed by atoms with van der Waals surface area (Å²) in [4.78, 5) is 12.0. The van der Waals surface area contributed by atoms with Gasteiger partial charge in [0, 0.05) is 34.4 Å². The molecule has 1 saturated heterocycles. The molecule has 1 aromatic carbocycles. The van der Waals surface area contributed by atoms with Crippen molar-refractivity contribution in [2.45, 2.75) is 5.25 Å². The van der Waals surface area contributed by atoms with Crippen molar-refractivity contribution in [2.75, 3.05) is 23.8 Å². The Morgan fingerprint density at radius 1 is 1.37 bits per heavy atom. The van der Waals surface area contributed by atoms with Crippen molar-refractivity contribution in [3.05, 3.63) is 36.1 Å². The fourth-order valence-electron chi connectivity index (χ4n) is 2.04. The smallest absolute Gasteiger partial charge is 0.287 e. The Hall–Kier alpha value is -1.07. The quantitative estimate of drug-likeness (QED) is 0.944. The largest absolute Gasteiger partial charge is 0.451 e. The van der Waals surface area contributed by atoms with E-state index < -0.39 is 0 Å². The molecule has 5 heteroatoms. The average Bonchev–Trinajstić information content (AvgIpc) is 2.90. The third kappa shape index (κ3) is 3.09. The van der Waals surface area contributed by atoms with E-state index in [0.29, 0.717) is 17.6 Å². The summed E-state index contributed by atoms with van der Waals surface area (Å²) in [5.74, 6) is 3.79. The van der Waals surface area contributed by atoms with Crippen LogP contribution in [0.15, 0.2) is 34.7 Å². The van der Waals surface area contributed by atoms with Crippen molar-refractivity contribution >= 4 is 40.4 Å². The van der Waals surface area contributed by atoms with Crippen LogP contribution < -0.4 is 5.32 Å². The lowest BCUT2D eigenvalue weighted by molar-refractivity contribution is 0.0929.